The summed E-state index contributed by atoms with van der Waals surface area (Å²) < 4.78 is 24.0. The van der Waals surface area contributed by atoms with Crippen molar-refractivity contribution in [2.24, 2.45) is 0 Å². The minimum absolute atomic E-state index is 0.0251. The lowest BCUT2D eigenvalue weighted by atomic mass is 9.93. The van der Waals surface area contributed by atoms with Gasteiger partial charge < -0.3 is 15.7 Å². The van der Waals surface area contributed by atoms with E-state index >= 15 is 0 Å². The second kappa shape index (κ2) is 13.3. The maximum atomic E-state index is 13.6. The zero-order valence-corrected chi connectivity index (χ0v) is 23.6. The summed E-state index contributed by atoms with van der Waals surface area (Å²) in [7, 11) is -3.45. The number of urea groups is 1. The van der Waals surface area contributed by atoms with E-state index in [9.17, 15) is 22.8 Å². The fraction of sp³-hybridized carbons (Fsp3) is 0.258. The quantitative estimate of drug-likeness (QED) is 0.293. The Hall–Kier alpha value is -4.44. The molecule has 214 valence electrons. The van der Waals surface area contributed by atoms with Crippen LogP contribution < -0.4 is 15.5 Å². The van der Waals surface area contributed by atoms with Gasteiger partial charge in [0.2, 0.25) is 0 Å². The molecule has 0 aromatic heterocycles. The fourth-order valence-corrected chi connectivity index (χ4v) is 5.23. The molecular formula is C31H33N3O6S. The molecular weight excluding hydrogens is 542 g/mol. The predicted octanol–water partition coefficient (Wildman–Crippen LogP) is 5.49. The number of hydrogen-bond acceptors (Lipinski definition) is 5. The van der Waals surface area contributed by atoms with E-state index in [0.717, 1.165) is 36.6 Å². The van der Waals surface area contributed by atoms with Crippen molar-refractivity contribution in [1.82, 2.24) is 5.32 Å². The van der Waals surface area contributed by atoms with Crippen LogP contribution >= 0.6 is 0 Å². The van der Waals surface area contributed by atoms with Crippen LogP contribution in [0.3, 0.4) is 0 Å². The summed E-state index contributed by atoms with van der Waals surface area (Å²) >= 11 is 0. The summed E-state index contributed by atoms with van der Waals surface area (Å²) in [6.45, 7) is 0.206. The van der Waals surface area contributed by atoms with Gasteiger partial charge in [0.15, 0.2) is 9.84 Å². The van der Waals surface area contributed by atoms with Crippen molar-refractivity contribution in [1.29, 1.82) is 0 Å². The highest BCUT2D eigenvalue weighted by molar-refractivity contribution is 7.90. The summed E-state index contributed by atoms with van der Waals surface area (Å²) in [5.74, 6) is -1.38. The third-order valence-corrected chi connectivity index (χ3v) is 7.89. The van der Waals surface area contributed by atoms with Gasteiger partial charge >= 0.3 is 12.0 Å². The second-order valence-corrected chi connectivity index (χ2v) is 12.0. The molecule has 0 spiro atoms. The molecule has 1 aliphatic carbocycles. The number of carbonyl (C=O) groups excluding carboxylic acids is 2. The van der Waals surface area contributed by atoms with Crippen molar-refractivity contribution in [2.75, 3.05) is 23.0 Å². The molecule has 0 saturated carbocycles. The SMILES string of the molecule is CS(=O)(=O)c1cccc(NC(=O)N(Cc2ccc(C(=O)NCCC(=O)O)cc2)c2ccc(C3=CCCCC3)cc2)c1. The molecule has 10 heteroatoms. The average molecular weight is 576 g/mol. The van der Waals surface area contributed by atoms with E-state index in [-0.39, 0.29) is 30.3 Å². The van der Waals surface area contributed by atoms with Gasteiger partial charge in [-0.2, -0.15) is 0 Å². The molecule has 0 unspecified atom stereocenters. The number of rotatable bonds is 10. The monoisotopic (exact) mass is 575 g/mol. The molecule has 3 aromatic rings. The van der Waals surface area contributed by atoms with E-state index < -0.39 is 21.8 Å². The van der Waals surface area contributed by atoms with Gasteiger partial charge in [0.05, 0.1) is 17.9 Å². The van der Waals surface area contributed by atoms with Gasteiger partial charge in [-0.3, -0.25) is 14.5 Å². The van der Waals surface area contributed by atoms with Crippen molar-refractivity contribution < 1.29 is 27.9 Å². The van der Waals surface area contributed by atoms with Crippen LogP contribution in [0.2, 0.25) is 0 Å². The van der Waals surface area contributed by atoms with E-state index in [1.54, 1.807) is 41.3 Å². The molecule has 0 heterocycles. The van der Waals surface area contributed by atoms with Crippen molar-refractivity contribution in [3.05, 3.63) is 95.6 Å². The Morgan fingerprint density at radius 2 is 1.68 bits per heavy atom. The molecule has 3 N–H and O–H groups in total. The number of nitrogens with one attached hydrogen (secondary N) is 2. The summed E-state index contributed by atoms with van der Waals surface area (Å²) in [6, 6.07) is 20.1. The Balaban J connectivity index is 1.56. The number of carboxylic acid groups (broad SMARTS) is 1. The summed E-state index contributed by atoms with van der Waals surface area (Å²) in [5, 5.41) is 14.1. The van der Waals surface area contributed by atoms with Crippen LogP contribution in [0.25, 0.3) is 5.57 Å². The Labute approximate surface area is 239 Å². The number of aliphatic carboxylic acids is 1. The highest BCUT2D eigenvalue weighted by Gasteiger charge is 2.19. The number of sulfone groups is 1. The molecule has 0 fully saturated rings. The molecule has 0 atom stereocenters. The van der Waals surface area contributed by atoms with Gasteiger partial charge in [-0.15, -0.1) is 0 Å². The number of carbonyl (C=O) groups is 3. The number of carboxylic acids is 1. The number of allylic oxidation sites excluding steroid dienone is 2. The Kier molecular flexibility index (Phi) is 9.57. The van der Waals surface area contributed by atoms with Crippen molar-refractivity contribution in [3.8, 4) is 0 Å². The van der Waals surface area contributed by atoms with Gasteiger partial charge in [0.25, 0.3) is 5.91 Å². The zero-order chi connectivity index (χ0) is 29.4. The number of nitrogens with zero attached hydrogens (tertiary/aromatic N) is 1. The van der Waals surface area contributed by atoms with Crippen molar-refractivity contribution in [2.45, 2.75) is 43.5 Å². The second-order valence-electron chi connectivity index (χ2n) is 9.93. The van der Waals surface area contributed by atoms with Crippen LogP contribution in [-0.2, 0) is 21.2 Å². The van der Waals surface area contributed by atoms with Crippen molar-refractivity contribution >= 4 is 44.7 Å². The number of amides is 3. The van der Waals surface area contributed by atoms with E-state index in [1.165, 1.54) is 24.1 Å². The van der Waals surface area contributed by atoms with Gasteiger partial charge in [0, 0.05) is 29.7 Å². The fourth-order valence-electron chi connectivity index (χ4n) is 4.56. The largest absolute Gasteiger partial charge is 0.481 e. The standard InChI is InChI=1S/C31H33N3O6S/c1-41(39,40)28-9-5-8-26(20-28)33-31(38)34(27-16-14-24(15-17-27)23-6-3-2-4-7-23)21-22-10-12-25(13-11-22)30(37)32-19-18-29(35)36/h5-6,8-17,20H,2-4,7,18-19,21H2,1H3,(H,32,37)(H,33,38)(H,35,36). The van der Waals surface area contributed by atoms with Crippen LogP contribution in [0.15, 0.2) is 83.8 Å². The Morgan fingerprint density at radius 1 is 0.951 bits per heavy atom. The van der Waals surface area contributed by atoms with Gasteiger partial charge in [-0.1, -0.05) is 36.4 Å². The van der Waals surface area contributed by atoms with Gasteiger partial charge in [-0.25, -0.2) is 13.2 Å². The lowest BCUT2D eigenvalue weighted by Gasteiger charge is -2.24. The average Bonchev–Trinajstić information content (AvgIpc) is 2.96. The highest BCUT2D eigenvalue weighted by Crippen LogP contribution is 2.29. The Bertz CT molecular complexity index is 1550. The molecule has 0 aliphatic heterocycles. The van der Waals surface area contributed by atoms with Crippen LogP contribution in [0.5, 0.6) is 0 Å². The molecule has 0 radical (unpaired) electrons. The molecule has 3 aromatic carbocycles. The van der Waals surface area contributed by atoms with E-state index in [4.69, 9.17) is 5.11 Å². The molecule has 4 rings (SSSR count). The van der Waals surface area contributed by atoms with Crippen LogP contribution in [-0.4, -0.2) is 44.2 Å². The first-order chi connectivity index (χ1) is 19.6. The first-order valence-electron chi connectivity index (χ1n) is 13.4. The molecule has 0 bridgehead atoms. The minimum atomic E-state index is -3.45. The topological polar surface area (TPSA) is 133 Å². The maximum absolute atomic E-state index is 13.6. The lowest BCUT2D eigenvalue weighted by molar-refractivity contribution is -0.136. The number of hydrogen-bond donors (Lipinski definition) is 3. The van der Waals surface area contributed by atoms with Crippen LogP contribution in [0.1, 0.15) is 53.6 Å². The van der Waals surface area contributed by atoms with Crippen LogP contribution in [0, 0.1) is 0 Å². The van der Waals surface area contributed by atoms with Crippen molar-refractivity contribution in [3.63, 3.8) is 0 Å². The van der Waals surface area contributed by atoms with E-state index in [0.29, 0.717) is 16.9 Å². The lowest BCUT2D eigenvalue weighted by Crippen LogP contribution is -2.34. The van der Waals surface area contributed by atoms with E-state index in [2.05, 4.69) is 16.7 Å². The van der Waals surface area contributed by atoms with Crippen LogP contribution in [0.4, 0.5) is 16.2 Å². The van der Waals surface area contributed by atoms with E-state index in [1.807, 2.05) is 24.3 Å². The molecule has 0 saturated heterocycles. The summed E-state index contributed by atoms with van der Waals surface area (Å²) in [6.07, 6.45) is 7.64. The third-order valence-electron chi connectivity index (χ3n) is 6.78. The van der Waals surface area contributed by atoms with Gasteiger partial charge in [-0.05, 0) is 84.8 Å². The molecule has 41 heavy (non-hydrogen) atoms. The number of benzene rings is 3. The maximum Gasteiger partial charge on any atom is 0.326 e. The number of anilines is 2. The normalized spacial score (nSPS) is 13.1. The summed E-state index contributed by atoms with van der Waals surface area (Å²) in [5.41, 5.74) is 4.54. The minimum Gasteiger partial charge on any atom is -0.481 e. The first-order valence-corrected chi connectivity index (χ1v) is 15.3. The summed E-state index contributed by atoms with van der Waals surface area (Å²) in [4.78, 5) is 38.2. The highest BCUT2D eigenvalue weighted by atomic mass is 32.2. The first kappa shape index (κ1) is 29.5. The van der Waals surface area contributed by atoms with Gasteiger partial charge in [0.1, 0.15) is 0 Å². The third kappa shape index (κ3) is 8.28. The predicted molar refractivity (Wildman–Crippen MR) is 159 cm³/mol. The zero-order valence-electron chi connectivity index (χ0n) is 22.8. The molecule has 9 nitrogen and oxygen atoms in total. The Morgan fingerprint density at radius 3 is 2.32 bits per heavy atom. The smallest absolute Gasteiger partial charge is 0.326 e. The molecule has 3 amide bonds. The molecule has 1 aliphatic rings.